The third kappa shape index (κ3) is 5.22. The number of rotatable bonds is 7. The topological polar surface area (TPSA) is 58.1 Å². The summed E-state index contributed by atoms with van der Waals surface area (Å²) in [4.78, 5) is 9.72. The van der Waals surface area contributed by atoms with Gasteiger partial charge in [0.25, 0.3) is 0 Å². The van der Waals surface area contributed by atoms with E-state index in [0.717, 1.165) is 61.0 Å². The van der Waals surface area contributed by atoms with Gasteiger partial charge >= 0.3 is 0 Å². The number of ether oxygens (including phenoxy) is 2. The molecule has 5 rings (SSSR count). The number of hydrogen-bond acceptors (Lipinski definition) is 6. The molecule has 3 aliphatic rings. The number of methoxy groups -OCH3 is 1. The molecule has 6 heteroatoms. The molecule has 6 nitrogen and oxygen atoms in total. The Balaban J connectivity index is 1.15. The van der Waals surface area contributed by atoms with E-state index >= 15 is 0 Å². The summed E-state index contributed by atoms with van der Waals surface area (Å²) in [5, 5.41) is 11.4. The highest BCUT2D eigenvalue weighted by atomic mass is 16.5. The van der Waals surface area contributed by atoms with E-state index in [1.807, 2.05) is 18.3 Å². The fourth-order valence-electron chi connectivity index (χ4n) is 6.01. The van der Waals surface area contributed by atoms with Gasteiger partial charge in [0.05, 0.1) is 37.2 Å². The second-order valence-electron chi connectivity index (χ2n) is 10.2. The maximum Gasteiger partial charge on any atom is 0.161 e. The van der Waals surface area contributed by atoms with Crippen LogP contribution in [0.3, 0.4) is 0 Å². The first kappa shape index (κ1) is 22.7. The zero-order valence-electron chi connectivity index (χ0n) is 20.0. The van der Waals surface area contributed by atoms with Crippen molar-refractivity contribution in [2.75, 3.05) is 51.3 Å². The molecule has 1 saturated carbocycles. The lowest BCUT2D eigenvalue weighted by Gasteiger charge is -2.36. The summed E-state index contributed by atoms with van der Waals surface area (Å²) < 4.78 is 11.4. The number of aliphatic hydroxyl groups excluding tert-OH is 1. The van der Waals surface area contributed by atoms with E-state index in [9.17, 15) is 5.11 Å². The summed E-state index contributed by atoms with van der Waals surface area (Å²) in [7, 11) is 1.71. The van der Waals surface area contributed by atoms with Gasteiger partial charge in [-0.05, 0) is 88.2 Å². The highest BCUT2D eigenvalue weighted by Crippen LogP contribution is 2.39. The van der Waals surface area contributed by atoms with Crippen LogP contribution in [0.2, 0.25) is 0 Å². The Labute approximate surface area is 197 Å². The zero-order valence-corrected chi connectivity index (χ0v) is 20.0. The number of aliphatic hydroxyl groups is 1. The van der Waals surface area contributed by atoms with Gasteiger partial charge in [0.2, 0.25) is 0 Å². The quantitative estimate of drug-likeness (QED) is 0.667. The minimum atomic E-state index is -0.0565. The lowest BCUT2D eigenvalue weighted by atomic mass is 9.84. The van der Waals surface area contributed by atoms with Crippen molar-refractivity contribution in [1.29, 1.82) is 0 Å². The number of piperidine rings is 1. The zero-order chi connectivity index (χ0) is 22.6. The van der Waals surface area contributed by atoms with Gasteiger partial charge in [-0.3, -0.25) is 4.98 Å². The molecule has 1 aliphatic carbocycles. The SMILES string of the molecule is COc1ccc2ncc3c(c2c1)N(CCC1CCN(CC[C@@H]2CCCCC2O)CC1)CCO3. The number of fused-ring (bicyclic) bond motifs is 3. The van der Waals surface area contributed by atoms with Crippen molar-refractivity contribution in [3.8, 4) is 11.5 Å². The van der Waals surface area contributed by atoms with E-state index in [-0.39, 0.29) is 6.10 Å². The molecule has 0 radical (unpaired) electrons. The average Bonchev–Trinajstić information content (AvgIpc) is 2.87. The fraction of sp³-hybridized carbons (Fsp3) is 0.667. The predicted octanol–water partition coefficient (Wildman–Crippen LogP) is 4.49. The van der Waals surface area contributed by atoms with Gasteiger partial charge in [0, 0.05) is 11.9 Å². The minimum Gasteiger partial charge on any atom is -0.497 e. The van der Waals surface area contributed by atoms with E-state index in [4.69, 9.17) is 9.47 Å². The molecular weight excluding hydrogens is 414 g/mol. The number of benzene rings is 1. The highest BCUT2D eigenvalue weighted by Gasteiger charge is 2.26. The van der Waals surface area contributed by atoms with Crippen molar-refractivity contribution in [1.82, 2.24) is 9.88 Å². The van der Waals surface area contributed by atoms with E-state index in [1.165, 1.54) is 63.7 Å². The lowest BCUT2D eigenvalue weighted by Crippen LogP contribution is -2.38. The third-order valence-corrected chi connectivity index (χ3v) is 8.15. The van der Waals surface area contributed by atoms with Gasteiger partial charge in [0.1, 0.15) is 12.4 Å². The van der Waals surface area contributed by atoms with Gasteiger partial charge in [-0.15, -0.1) is 0 Å². The van der Waals surface area contributed by atoms with Crippen molar-refractivity contribution in [2.45, 2.75) is 57.5 Å². The summed E-state index contributed by atoms with van der Waals surface area (Å²) in [6, 6.07) is 6.09. The molecular formula is C27H39N3O3. The highest BCUT2D eigenvalue weighted by molar-refractivity contribution is 5.96. The van der Waals surface area contributed by atoms with Crippen LogP contribution in [0.25, 0.3) is 10.9 Å². The number of pyridine rings is 1. The second kappa shape index (κ2) is 10.5. The van der Waals surface area contributed by atoms with Crippen LogP contribution in [0.5, 0.6) is 11.5 Å². The predicted molar refractivity (Wildman–Crippen MR) is 132 cm³/mol. The summed E-state index contributed by atoms with van der Waals surface area (Å²) in [5.41, 5.74) is 2.16. The third-order valence-electron chi connectivity index (χ3n) is 8.15. The maximum absolute atomic E-state index is 10.3. The summed E-state index contributed by atoms with van der Waals surface area (Å²) in [5.74, 6) is 3.06. The molecule has 2 atom stereocenters. The first-order valence-corrected chi connectivity index (χ1v) is 13.0. The monoisotopic (exact) mass is 453 g/mol. The normalized spacial score (nSPS) is 24.5. The van der Waals surface area contributed by atoms with Crippen LogP contribution in [0.15, 0.2) is 24.4 Å². The molecule has 0 spiro atoms. The van der Waals surface area contributed by atoms with Crippen LogP contribution < -0.4 is 14.4 Å². The number of likely N-dealkylation sites (tertiary alicyclic amines) is 1. The molecule has 1 unspecified atom stereocenters. The molecule has 2 aliphatic heterocycles. The van der Waals surface area contributed by atoms with Gasteiger partial charge in [0.15, 0.2) is 5.75 Å². The number of aromatic nitrogens is 1. The van der Waals surface area contributed by atoms with Gasteiger partial charge < -0.3 is 24.4 Å². The van der Waals surface area contributed by atoms with E-state index in [2.05, 4.69) is 20.9 Å². The van der Waals surface area contributed by atoms with Gasteiger partial charge in [-0.1, -0.05) is 12.8 Å². The van der Waals surface area contributed by atoms with Crippen LogP contribution in [-0.4, -0.2) is 67.5 Å². The number of nitrogens with zero attached hydrogens (tertiary/aromatic N) is 3. The van der Waals surface area contributed by atoms with Crippen LogP contribution in [0.4, 0.5) is 5.69 Å². The second-order valence-corrected chi connectivity index (χ2v) is 10.2. The van der Waals surface area contributed by atoms with Crippen LogP contribution in [0, 0.1) is 11.8 Å². The molecule has 180 valence electrons. The first-order chi connectivity index (χ1) is 16.2. The number of anilines is 1. The Bertz CT molecular complexity index is 923. The fourth-order valence-corrected chi connectivity index (χ4v) is 6.01. The largest absolute Gasteiger partial charge is 0.497 e. The van der Waals surface area contributed by atoms with Crippen LogP contribution in [0.1, 0.15) is 51.4 Å². The molecule has 1 N–H and O–H groups in total. The molecule has 3 heterocycles. The van der Waals surface area contributed by atoms with Crippen LogP contribution in [-0.2, 0) is 0 Å². The van der Waals surface area contributed by atoms with E-state index in [1.54, 1.807) is 7.11 Å². The van der Waals surface area contributed by atoms with Crippen molar-refractivity contribution in [3.05, 3.63) is 24.4 Å². The van der Waals surface area contributed by atoms with Gasteiger partial charge in [-0.2, -0.15) is 0 Å². The van der Waals surface area contributed by atoms with Gasteiger partial charge in [-0.25, -0.2) is 0 Å². The van der Waals surface area contributed by atoms with Crippen LogP contribution >= 0.6 is 0 Å². The van der Waals surface area contributed by atoms with Crippen molar-refractivity contribution < 1.29 is 14.6 Å². The smallest absolute Gasteiger partial charge is 0.161 e. The summed E-state index contributed by atoms with van der Waals surface area (Å²) in [6.45, 7) is 6.27. The molecule has 1 aromatic carbocycles. The Morgan fingerprint density at radius 1 is 1.06 bits per heavy atom. The Hall–Kier alpha value is -2.05. The standard InChI is InChI=1S/C27H39N3O3/c1-32-22-6-7-24-23(18-22)27-26(19-28-24)33-17-16-30(27)15-10-20-8-12-29(13-9-20)14-11-21-4-2-3-5-25(21)31/h6-7,18-21,25,31H,2-5,8-17H2,1H3/t21-,25?/m0/s1. The number of hydrogen-bond donors (Lipinski definition) is 1. The van der Waals surface area contributed by atoms with E-state index < -0.39 is 0 Å². The minimum absolute atomic E-state index is 0.0565. The maximum atomic E-state index is 10.3. The summed E-state index contributed by atoms with van der Waals surface area (Å²) >= 11 is 0. The molecule has 0 bridgehead atoms. The Kier molecular flexibility index (Phi) is 7.21. The van der Waals surface area contributed by atoms with Crippen molar-refractivity contribution >= 4 is 16.6 Å². The molecule has 33 heavy (non-hydrogen) atoms. The first-order valence-electron chi connectivity index (χ1n) is 13.0. The van der Waals surface area contributed by atoms with Crippen molar-refractivity contribution in [3.63, 3.8) is 0 Å². The van der Waals surface area contributed by atoms with E-state index in [0.29, 0.717) is 5.92 Å². The molecule has 1 saturated heterocycles. The molecule has 1 aromatic heterocycles. The Morgan fingerprint density at radius 2 is 1.91 bits per heavy atom. The molecule has 2 fully saturated rings. The molecule has 2 aromatic rings. The summed E-state index contributed by atoms with van der Waals surface area (Å²) in [6.07, 6.45) is 11.5. The molecule has 0 amide bonds. The lowest BCUT2D eigenvalue weighted by molar-refractivity contribution is 0.0553. The van der Waals surface area contributed by atoms with Crippen molar-refractivity contribution in [2.24, 2.45) is 11.8 Å². The average molecular weight is 454 g/mol. The Morgan fingerprint density at radius 3 is 2.73 bits per heavy atom.